The zero-order valence-corrected chi connectivity index (χ0v) is 19.4. The van der Waals surface area contributed by atoms with Crippen LogP contribution in [0, 0.1) is 6.92 Å². The molecule has 0 aliphatic heterocycles. The van der Waals surface area contributed by atoms with E-state index in [1.807, 2.05) is 58.0 Å². The summed E-state index contributed by atoms with van der Waals surface area (Å²) in [4.78, 5) is 12.2. The van der Waals surface area contributed by atoms with Crippen LogP contribution in [0.25, 0.3) is 26.8 Å². The van der Waals surface area contributed by atoms with Gasteiger partial charge in [-0.3, -0.25) is 0 Å². The third-order valence-corrected chi connectivity index (χ3v) is 6.19. The average molecular weight is 463 g/mol. The Bertz CT molecular complexity index is 1200. The number of ether oxygens (including phenoxy) is 1. The first-order valence-corrected chi connectivity index (χ1v) is 10.9. The fourth-order valence-electron chi connectivity index (χ4n) is 3.64. The number of carbonyl (C=O) groups is 1. The highest BCUT2D eigenvalue weighted by atomic mass is 32.1. The van der Waals surface area contributed by atoms with Crippen LogP contribution in [0.2, 0.25) is 0 Å². The van der Waals surface area contributed by atoms with Crippen molar-refractivity contribution < 1.29 is 27.8 Å². The van der Waals surface area contributed by atoms with E-state index in [4.69, 9.17) is 4.74 Å². The van der Waals surface area contributed by atoms with E-state index in [1.165, 1.54) is 17.4 Å². The molecule has 3 aromatic rings. The van der Waals surface area contributed by atoms with Crippen LogP contribution in [0.3, 0.4) is 0 Å². The molecular formula is C25H25F3O3S. The van der Waals surface area contributed by atoms with Gasteiger partial charge >= 0.3 is 12.1 Å². The second kappa shape index (κ2) is 8.62. The lowest BCUT2D eigenvalue weighted by Gasteiger charge is -2.26. The van der Waals surface area contributed by atoms with Gasteiger partial charge in [0.15, 0.2) is 6.61 Å². The van der Waals surface area contributed by atoms with Crippen LogP contribution >= 0.6 is 11.3 Å². The maximum Gasteiger partial charge on any atom is 0.422 e. The van der Waals surface area contributed by atoms with Crippen molar-refractivity contribution >= 4 is 33.0 Å². The summed E-state index contributed by atoms with van der Waals surface area (Å²) in [6.45, 7) is 7.96. The predicted octanol–water partition coefficient (Wildman–Crippen LogP) is 7.60. The van der Waals surface area contributed by atoms with Crippen molar-refractivity contribution in [1.29, 1.82) is 0 Å². The largest absolute Gasteiger partial charge is 0.483 e. The molecule has 0 atom stereocenters. The highest BCUT2D eigenvalue weighted by Crippen LogP contribution is 2.45. The van der Waals surface area contributed by atoms with Crippen molar-refractivity contribution in [2.75, 3.05) is 6.61 Å². The molecule has 2 aromatic carbocycles. The molecule has 0 bridgehead atoms. The van der Waals surface area contributed by atoms with Crippen LogP contribution in [-0.2, 0) is 10.2 Å². The first-order valence-electron chi connectivity index (χ1n) is 10.1. The van der Waals surface area contributed by atoms with Crippen LogP contribution in [0.15, 0.2) is 42.5 Å². The lowest BCUT2D eigenvalue weighted by molar-refractivity contribution is -0.153. The second-order valence-electron chi connectivity index (χ2n) is 8.68. The maximum absolute atomic E-state index is 13.1. The molecule has 1 N–H and O–H groups in total. The van der Waals surface area contributed by atoms with Gasteiger partial charge in [-0.25, -0.2) is 4.79 Å². The van der Waals surface area contributed by atoms with E-state index in [1.54, 1.807) is 13.0 Å². The molecule has 32 heavy (non-hydrogen) atoms. The number of halogens is 3. The van der Waals surface area contributed by atoms with Crippen molar-refractivity contribution in [3.63, 3.8) is 0 Å². The summed E-state index contributed by atoms with van der Waals surface area (Å²) in [5, 5.41) is 10.3. The molecule has 0 saturated carbocycles. The van der Waals surface area contributed by atoms with Gasteiger partial charge in [0.25, 0.3) is 0 Å². The van der Waals surface area contributed by atoms with Crippen LogP contribution in [0.1, 0.15) is 43.7 Å². The number of fused-ring (bicyclic) bond motifs is 1. The molecular weight excluding hydrogens is 437 g/mol. The number of aliphatic carboxylic acids is 1. The van der Waals surface area contributed by atoms with Gasteiger partial charge in [-0.15, -0.1) is 11.3 Å². The summed E-state index contributed by atoms with van der Waals surface area (Å²) in [5.41, 5.74) is 2.59. The standard InChI is InChI=1S/C25H25F3O3S/c1-6-15(23(29)30)21-12-17-16(8-7-9-20(17)32-21)18-10-14(2)11-19(24(3,4)5)22(18)31-13-25(26,27)28/h6-12H,13H2,1-5H3,(H,29,30)/b15-6-. The molecule has 0 amide bonds. The topological polar surface area (TPSA) is 46.5 Å². The molecule has 0 unspecified atom stereocenters. The van der Waals surface area contributed by atoms with Crippen molar-refractivity contribution in [3.8, 4) is 16.9 Å². The molecule has 1 aromatic heterocycles. The highest BCUT2D eigenvalue weighted by molar-refractivity contribution is 7.20. The second-order valence-corrected chi connectivity index (χ2v) is 9.76. The number of carboxylic acids is 1. The predicted molar refractivity (Wildman–Crippen MR) is 124 cm³/mol. The summed E-state index contributed by atoms with van der Waals surface area (Å²) >= 11 is 1.33. The van der Waals surface area contributed by atoms with E-state index in [2.05, 4.69) is 0 Å². The molecule has 1 heterocycles. The van der Waals surface area contributed by atoms with Crippen molar-refractivity contribution in [2.45, 2.75) is 46.2 Å². The molecule has 170 valence electrons. The minimum atomic E-state index is -4.47. The summed E-state index contributed by atoms with van der Waals surface area (Å²) in [6, 6.07) is 11.0. The summed E-state index contributed by atoms with van der Waals surface area (Å²) in [7, 11) is 0. The molecule has 0 radical (unpaired) electrons. The van der Waals surface area contributed by atoms with Crippen LogP contribution in [0.4, 0.5) is 13.2 Å². The molecule has 0 spiro atoms. The first-order chi connectivity index (χ1) is 14.8. The number of benzene rings is 2. The lowest BCUT2D eigenvalue weighted by Crippen LogP contribution is -2.22. The van der Waals surface area contributed by atoms with E-state index >= 15 is 0 Å². The normalized spacial score (nSPS) is 12.9. The number of carboxylic acid groups (broad SMARTS) is 1. The Balaban J connectivity index is 2.30. The van der Waals surface area contributed by atoms with E-state index < -0.39 is 24.2 Å². The van der Waals surface area contributed by atoms with Gasteiger partial charge < -0.3 is 9.84 Å². The Morgan fingerprint density at radius 1 is 1.12 bits per heavy atom. The van der Waals surface area contributed by atoms with Gasteiger partial charge in [0, 0.05) is 26.1 Å². The summed E-state index contributed by atoms with van der Waals surface area (Å²) < 4.78 is 45.4. The van der Waals surface area contributed by atoms with E-state index in [0.717, 1.165) is 15.6 Å². The van der Waals surface area contributed by atoms with Crippen molar-refractivity contribution in [2.24, 2.45) is 0 Å². The van der Waals surface area contributed by atoms with Crippen molar-refractivity contribution in [3.05, 3.63) is 58.5 Å². The lowest BCUT2D eigenvalue weighted by atomic mass is 9.83. The fraction of sp³-hybridized carbons (Fsp3) is 0.320. The van der Waals surface area contributed by atoms with Crippen molar-refractivity contribution in [1.82, 2.24) is 0 Å². The molecule has 7 heteroatoms. The molecule has 0 aliphatic rings. The average Bonchev–Trinajstić information content (AvgIpc) is 3.08. The van der Waals surface area contributed by atoms with Crippen LogP contribution in [0.5, 0.6) is 5.75 Å². The monoisotopic (exact) mass is 462 g/mol. The van der Waals surface area contributed by atoms with Gasteiger partial charge in [0.1, 0.15) is 5.75 Å². The highest BCUT2D eigenvalue weighted by Gasteiger charge is 2.31. The van der Waals surface area contributed by atoms with Gasteiger partial charge in [-0.2, -0.15) is 13.2 Å². The molecule has 3 nitrogen and oxygen atoms in total. The summed E-state index contributed by atoms with van der Waals surface area (Å²) in [6.07, 6.45) is -2.93. The van der Waals surface area contributed by atoms with Gasteiger partial charge in [0.05, 0.1) is 5.57 Å². The fourth-order valence-corrected chi connectivity index (χ4v) is 4.79. The van der Waals surface area contributed by atoms with Gasteiger partial charge in [-0.05, 0) is 48.6 Å². The minimum absolute atomic E-state index is 0.185. The number of aryl methyl sites for hydroxylation is 1. The quantitative estimate of drug-likeness (QED) is 0.397. The zero-order valence-electron chi connectivity index (χ0n) is 18.6. The Labute approximate surface area is 189 Å². The smallest absolute Gasteiger partial charge is 0.422 e. The molecule has 0 saturated heterocycles. The number of rotatable bonds is 5. The van der Waals surface area contributed by atoms with E-state index in [0.29, 0.717) is 21.6 Å². The number of thiophene rings is 1. The number of hydrogen-bond donors (Lipinski definition) is 1. The third-order valence-electron chi connectivity index (χ3n) is 5.06. The first kappa shape index (κ1) is 23.9. The van der Waals surface area contributed by atoms with Crippen LogP contribution in [-0.4, -0.2) is 23.9 Å². The molecule has 0 aliphatic carbocycles. The number of hydrogen-bond acceptors (Lipinski definition) is 3. The maximum atomic E-state index is 13.1. The van der Waals surface area contributed by atoms with Gasteiger partial charge in [-0.1, -0.05) is 45.0 Å². The Morgan fingerprint density at radius 2 is 1.81 bits per heavy atom. The number of allylic oxidation sites excluding steroid dienone is 1. The number of alkyl halides is 3. The Morgan fingerprint density at radius 3 is 2.38 bits per heavy atom. The Kier molecular flexibility index (Phi) is 6.43. The third kappa shape index (κ3) is 4.99. The van der Waals surface area contributed by atoms with Gasteiger partial charge in [0.2, 0.25) is 0 Å². The summed E-state index contributed by atoms with van der Waals surface area (Å²) in [5.74, 6) is -0.828. The van der Waals surface area contributed by atoms with E-state index in [-0.39, 0.29) is 11.3 Å². The SMILES string of the molecule is C/C=C(\C(=O)O)c1cc2c(-c3cc(C)cc(C(C)(C)C)c3OCC(F)(F)F)cccc2s1. The van der Waals surface area contributed by atoms with Crippen LogP contribution < -0.4 is 4.74 Å². The Hall–Kier alpha value is -2.80. The molecule has 3 rings (SSSR count). The minimum Gasteiger partial charge on any atom is -0.483 e. The van der Waals surface area contributed by atoms with E-state index in [9.17, 15) is 23.1 Å². The zero-order chi connectivity index (χ0) is 23.8. The molecule has 0 fully saturated rings.